The summed E-state index contributed by atoms with van der Waals surface area (Å²) in [6, 6.07) is 11.7. The van der Waals surface area contributed by atoms with E-state index in [2.05, 4.69) is 11.4 Å². The minimum Gasteiger partial charge on any atom is -0.494 e. The summed E-state index contributed by atoms with van der Waals surface area (Å²) in [5, 5.41) is 5.44. The Kier molecular flexibility index (Phi) is 7.85. The summed E-state index contributed by atoms with van der Waals surface area (Å²) in [7, 11) is 0. The number of ether oxygens (including phenoxy) is 3. The highest BCUT2D eigenvalue weighted by atomic mass is 32.1. The van der Waals surface area contributed by atoms with Crippen LogP contribution in [0.1, 0.15) is 55.9 Å². The summed E-state index contributed by atoms with van der Waals surface area (Å²) >= 11 is 1.68. The number of thiophene rings is 1. The van der Waals surface area contributed by atoms with Crippen LogP contribution < -0.4 is 10.1 Å². The van der Waals surface area contributed by atoms with Gasteiger partial charge in [-0.15, -0.1) is 11.3 Å². The highest BCUT2D eigenvalue weighted by Crippen LogP contribution is 2.48. The van der Waals surface area contributed by atoms with Crippen molar-refractivity contribution in [2.45, 2.75) is 45.4 Å². The summed E-state index contributed by atoms with van der Waals surface area (Å²) in [5.74, 6) is -0.134. The number of allylic oxidation sites excluding steroid dienone is 3. The maximum atomic E-state index is 13.6. The first-order valence-electron chi connectivity index (χ1n) is 11.8. The molecule has 6 nitrogen and oxygen atoms in total. The number of hydrogen-bond donors (Lipinski definition) is 1. The fourth-order valence-electron chi connectivity index (χ4n) is 4.77. The van der Waals surface area contributed by atoms with E-state index in [1.165, 1.54) is 4.88 Å². The fourth-order valence-corrected chi connectivity index (χ4v) is 5.60. The number of ketones is 1. The van der Waals surface area contributed by atoms with Crippen molar-refractivity contribution in [2.75, 3.05) is 26.4 Å². The molecule has 1 aliphatic heterocycles. The maximum Gasteiger partial charge on any atom is 0.336 e. The van der Waals surface area contributed by atoms with Gasteiger partial charge in [-0.05, 0) is 44.7 Å². The lowest BCUT2D eigenvalue weighted by molar-refractivity contribution is -0.140. The van der Waals surface area contributed by atoms with Gasteiger partial charge < -0.3 is 19.5 Å². The molecule has 1 N–H and O–H groups in total. The zero-order valence-electron chi connectivity index (χ0n) is 19.9. The minimum absolute atomic E-state index is 0.0515. The summed E-state index contributed by atoms with van der Waals surface area (Å²) < 4.78 is 16.8. The van der Waals surface area contributed by atoms with Gasteiger partial charge in [0, 0.05) is 46.4 Å². The minimum atomic E-state index is -0.546. The highest BCUT2D eigenvalue weighted by Gasteiger charge is 2.42. The third-order valence-electron chi connectivity index (χ3n) is 6.19. The van der Waals surface area contributed by atoms with Crippen LogP contribution in [0.3, 0.4) is 0 Å². The van der Waals surface area contributed by atoms with E-state index in [4.69, 9.17) is 14.2 Å². The molecule has 34 heavy (non-hydrogen) atoms. The lowest BCUT2D eigenvalue weighted by Gasteiger charge is -2.36. The van der Waals surface area contributed by atoms with Crippen molar-refractivity contribution in [3.05, 3.63) is 74.8 Å². The van der Waals surface area contributed by atoms with Crippen LogP contribution in [0.4, 0.5) is 0 Å². The molecule has 0 radical (unpaired) electrons. The van der Waals surface area contributed by atoms with Crippen LogP contribution in [-0.2, 0) is 19.1 Å². The number of hydrogen-bond acceptors (Lipinski definition) is 7. The van der Waals surface area contributed by atoms with Gasteiger partial charge in [-0.3, -0.25) is 4.79 Å². The summed E-state index contributed by atoms with van der Waals surface area (Å²) in [5.41, 5.74) is 3.48. The molecule has 2 heterocycles. The van der Waals surface area contributed by atoms with Gasteiger partial charge in [0.15, 0.2) is 5.78 Å². The number of Topliss-reactive ketones (excluding diaryl/α,β-unsaturated/α-hetero) is 1. The summed E-state index contributed by atoms with van der Waals surface area (Å²) in [6.45, 7) is 7.22. The Hall–Kier alpha value is -2.90. The molecular formula is C27H31NO5S. The fraction of sp³-hybridized carbons (Fsp3) is 0.407. The highest BCUT2D eigenvalue weighted by molar-refractivity contribution is 7.10. The van der Waals surface area contributed by atoms with Gasteiger partial charge in [-0.1, -0.05) is 24.3 Å². The van der Waals surface area contributed by atoms with Crippen LogP contribution in [0, 0.1) is 0 Å². The van der Waals surface area contributed by atoms with Gasteiger partial charge in [0.2, 0.25) is 0 Å². The van der Waals surface area contributed by atoms with Gasteiger partial charge in [0.1, 0.15) is 12.4 Å². The molecule has 0 fully saturated rings. The second kappa shape index (κ2) is 11.0. The molecule has 4 rings (SSSR count). The average molecular weight is 482 g/mol. The van der Waals surface area contributed by atoms with Gasteiger partial charge in [0.05, 0.1) is 24.7 Å². The van der Waals surface area contributed by atoms with Crippen molar-refractivity contribution in [3.8, 4) is 5.75 Å². The van der Waals surface area contributed by atoms with Crippen LogP contribution in [0.15, 0.2) is 64.3 Å². The second-order valence-corrected chi connectivity index (χ2v) is 9.32. The quantitative estimate of drug-likeness (QED) is 0.397. The number of dihydropyridines is 1. The van der Waals surface area contributed by atoms with E-state index < -0.39 is 11.9 Å². The Morgan fingerprint density at radius 2 is 1.91 bits per heavy atom. The molecule has 1 aromatic heterocycles. The number of carbonyl (C=O) groups excluding carboxylic acids is 2. The third-order valence-corrected chi connectivity index (χ3v) is 7.22. The standard InChI is InChI=1S/C27H31NO5S/c1-4-31-12-13-33-27(30)24-17(3)28-20-15-18(23-11-8-14-34-23)16-21(29)26(20)25(24)19-9-6-7-10-22(19)32-5-2/h6-11,14,18,25,28H,4-5,12-13,15-16H2,1-3H3/t18-,25+/m0/s1. The van der Waals surface area contributed by atoms with Crippen LogP contribution in [0.25, 0.3) is 0 Å². The Bertz CT molecular complexity index is 1100. The van der Waals surface area contributed by atoms with E-state index >= 15 is 0 Å². The number of para-hydroxylation sites is 1. The van der Waals surface area contributed by atoms with E-state index in [0.717, 1.165) is 17.7 Å². The molecule has 0 saturated heterocycles. The van der Waals surface area contributed by atoms with E-state index in [9.17, 15) is 9.59 Å². The molecule has 0 amide bonds. The molecule has 0 spiro atoms. The Morgan fingerprint density at radius 1 is 1.09 bits per heavy atom. The monoisotopic (exact) mass is 481 g/mol. The Balaban J connectivity index is 1.75. The number of rotatable bonds is 9. The van der Waals surface area contributed by atoms with Crippen molar-refractivity contribution in [1.29, 1.82) is 0 Å². The van der Waals surface area contributed by atoms with E-state index in [-0.39, 0.29) is 18.3 Å². The molecule has 1 aromatic carbocycles. The molecule has 0 saturated carbocycles. The van der Waals surface area contributed by atoms with Crippen molar-refractivity contribution < 1.29 is 23.8 Å². The smallest absolute Gasteiger partial charge is 0.336 e. The van der Waals surface area contributed by atoms with Crippen LogP contribution >= 0.6 is 11.3 Å². The largest absolute Gasteiger partial charge is 0.494 e. The third kappa shape index (κ3) is 4.95. The van der Waals surface area contributed by atoms with Gasteiger partial charge in [0.25, 0.3) is 0 Å². The molecule has 2 atom stereocenters. The maximum absolute atomic E-state index is 13.6. The molecule has 180 valence electrons. The van der Waals surface area contributed by atoms with Crippen LogP contribution in [0.5, 0.6) is 5.75 Å². The van der Waals surface area contributed by atoms with Gasteiger partial charge in [-0.25, -0.2) is 4.79 Å². The predicted octanol–water partition coefficient (Wildman–Crippen LogP) is 5.09. The number of benzene rings is 1. The zero-order valence-corrected chi connectivity index (χ0v) is 20.7. The SMILES string of the molecule is CCOCCOC(=O)C1=C(C)NC2=C(C(=O)C[C@@H](c3cccs3)C2)[C@@H]1c1ccccc1OCC. The summed E-state index contributed by atoms with van der Waals surface area (Å²) in [6.07, 6.45) is 1.14. The molecular weight excluding hydrogens is 450 g/mol. The predicted molar refractivity (Wildman–Crippen MR) is 132 cm³/mol. The first-order valence-corrected chi connectivity index (χ1v) is 12.7. The number of nitrogens with one attached hydrogen (secondary N) is 1. The molecule has 0 bridgehead atoms. The molecule has 2 aromatic rings. The number of esters is 1. The Labute approximate surface area is 204 Å². The lowest BCUT2D eigenvalue weighted by Crippen LogP contribution is -2.36. The molecule has 7 heteroatoms. The number of carbonyl (C=O) groups is 2. The van der Waals surface area contributed by atoms with Gasteiger partial charge >= 0.3 is 5.97 Å². The Morgan fingerprint density at radius 3 is 2.65 bits per heavy atom. The van der Waals surface area contributed by atoms with E-state index in [0.29, 0.717) is 48.8 Å². The van der Waals surface area contributed by atoms with E-state index in [1.807, 2.05) is 56.5 Å². The lowest BCUT2D eigenvalue weighted by atomic mass is 9.72. The summed E-state index contributed by atoms with van der Waals surface area (Å²) in [4.78, 5) is 28.1. The molecule has 2 aliphatic rings. The first kappa shape index (κ1) is 24.2. The van der Waals surface area contributed by atoms with Crippen molar-refractivity contribution in [3.63, 3.8) is 0 Å². The van der Waals surface area contributed by atoms with Gasteiger partial charge in [-0.2, -0.15) is 0 Å². The zero-order chi connectivity index (χ0) is 24.1. The molecule has 1 aliphatic carbocycles. The van der Waals surface area contributed by atoms with Crippen LogP contribution in [0.2, 0.25) is 0 Å². The first-order chi connectivity index (χ1) is 16.5. The van der Waals surface area contributed by atoms with Crippen molar-refractivity contribution in [2.24, 2.45) is 0 Å². The van der Waals surface area contributed by atoms with Crippen molar-refractivity contribution >= 4 is 23.1 Å². The topological polar surface area (TPSA) is 73.9 Å². The van der Waals surface area contributed by atoms with Crippen LogP contribution in [-0.4, -0.2) is 38.2 Å². The normalized spacial score (nSPS) is 20.1. The van der Waals surface area contributed by atoms with Crippen molar-refractivity contribution in [1.82, 2.24) is 5.32 Å². The average Bonchev–Trinajstić information content (AvgIpc) is 3.36. The second-order valence-electron chi connectivity index (χ2n) is 8.34. The van der Waals surface area contributed by atoms with E-state index in [1.54, 1.807) is 11.3 Å². The molecule has 0 unspecified atom stereocenters.